The summed E-state index contributed by atoms with van der Waals surface area (Å²) in [4.78, 5) is 16.3. The van der Waals surface area contributed by atoms with Crippen LogP contribution < -0.4 is 11.1 Å². The number of hydrogen-bond acceptors (Lipinski definition) is 3. The Kier molecular flexibility index (Phi) is 4.42. The maximum absolute atomic E-state index is 12.3. The topological polar surface area (TPSA) is 68.0 Å². The van der Waals surface area contributed by atoms with Gasteiger partial charge in [0.2, 0.25) is 0 Å². The minimum absolute atomic E-state index is 0.170. The van der Waals surface area contributed by atoms with Crippen LogP contribution in [0.15, 0.2) is 18.3 Å². The van der Waals surface area contributed by atoms with Crippen molar-refractivity contribution < 1.29 is 4.79 Å². The zero-order valence-corrected chi connectivity index (χ0v) is 11.9. The van der Waals surface area contributed by atoms with Crippen LogP contribution in [0, 0.1) is 5.92 Å². The van der Waals surface area contributed by atoms with Crippen molar-refractivity contribution in [2.24, 2.45) is 11.7 Å². The Labute approximate surface area is 118 Å². The molecule has 0 radical (unpaired) electrons. The van der Waals surface area contributed by atoms with Gasteiger partial charge in [0, 0.05) is 12.7 Å². The number of amides is 1. The maximum Gasteiger partial charge on any atom is 0.270 e. The zero-order chi connectivity index (χ0) is 13.9. The van der Waals surface area contributed by atoms with Gasteiger partial charge in [-0.2, -0.15) is 0 Å². The molecular formula is C14H20ClN3O. The number of aromatic nitrogens is 1. The van der Waals surface area contributed by atoms with Crippen molar-refractivity contribution in [3.05, 3.63) is 29.0 Å². The van der Waals surface area contributed by atoms with Gasteiger partial charge in [0.05, 0.1) is 10.6 Å². The van der Waals surface area contributed by atoms with E-state index in [4.69, 9.17) is 17.3 Å². The number of carbonyl (C=O) groups is 1. The monoisotopic (exact) mass is 281 g/mol. The number of hydrogen-bond donors (Lipinski definition) is 2. The van der Waals surface area contributed by atoms with Gasteiger partial charge in [0.1, 0.15) is 5.69 Å². The van der Waals surface area contributed by atoms with Crippen molar-refractivity contribution in [1.82, 2.24) is 10.3 Å². The molecule has 2 rings (SSSR count). The van der Waals surface area contributed by atoms with Crippen LogP contribution in [-0.2, 0) is 0 Å². The molecule has 2 unspecified atom stereocenters. The molecule has 2 atom stereocenters. The van der Waals surface area contributed by atoms with Gasteiger partial charge in [-0.15, -0.1) is 0 Å². The van der Waals surface area contributed by atoms with Crippen LogP contribution >= 0.6 is 11.6 Å². The molecule has 0 saturated heterocycles. The largest absolute Gasteiger partial charge is 0.344 e. The van der Waals surface area contributed by atoms with Crippen LogP contribution in [-0.4, -0.2) is 23.0 Å². The first kappa shape index (κ1) is 14.3. The normalized spacial score (nSPS) is 27.0. The third kappa shape index (κ3) is 3.07. The Balaban J connectivity index is 2.13. The summed E-state index contributed by atoms with van der Waals surface area (Å²) in [6, 6.07) is 3.30. The molecule has 19 heavy (non-hydrogen) atoms. The van der Waals surface area contributed by atoms with Gasteiger partial charge >= 0.3 is 0 Å². The average molecular weight is 282 g/mol. The van der Waals surface area contributed by atoms with Crippen molar-refractivity contribution in [1.29, 1.82) is 0 Å². The van der Waals surface area contributed by atoms with E-state index in [1.165, 1.54) is 12.6 Å². The van der Waals surface area contributed by atoms with Crippen LogP contribution in [0.5, 0.6) is 0 Å². The zero-order valence-electron chi connectivity index (χ0n) is 11.2. The molecule has 104 valence electrons. The molecule has 0 aromatic carbocycles. The lowest BCUT2D eigenvalue weighted by molar-refractivity contribution is 0.0807. The SMILES string of the molecule is CC1CCCCC1(CN)NC(=O)c1ccc(Cl)cn1. The molecule has 0 aliphatic heterocycles. The molecule has 1 aliphatic carbocycles. The Morgan fingerprint density at radius 2 is 2.37 bits per heavy atom. The lowest BCUT2D eigenvalue weighted by Crippen LogP contribution is -2.59. The van der Waals surface area contributed by atoms with E-state index >= 15 is 0 Å². The van der Waals surface area contributed by atoms with Crippen LogP contribution in [0.3, 0.4) is 0 Å². The fraction of sp³-hybridized carbons (Fsp3) is 0.571. The second-order valence-corrected chi connectivity index (χ2v) is 5.76. The highest BCUT2D eigenvalue weighted by Gasteiger charge is 2.38. The first-order chi connectivity index (χ1) is 9.07. The summed E-state index contributed by atoms with van der Waals surface area (Å²) in [6.45, 7) is 2.62. The molecule has 5 heteroatoms. The van der Waals surface area contributed by atoms with E-state index in [2.05, 4.69) is 17.2 Å². The molecule has 1 fully saturated rings. The van der Waals surface area contributed by atoms with E-state index in [-0.39, 0.29) is 11.4 Å². The first-order valence-electron chi connectivity index (χ1n) is 6.71. The molecule has 0 bridgehead atoms. The molecular weight excluding hydrogens is 262 g/mol. The summed E-state index contributed by atoms with van der Waals surface area (Å²) in [5.41, 5.74) is 6.01. The Morgan fingerprint density at radius 3 is 2.95 bits per heavy atom. The molecule has 1 aliphatic rings. The number of carbonyl (C=O) groups excluding carboxylic acids is 1. The van der Waals surface area contributed by atoms with Crippen molar-refractivity contribution in [2.75, 3.05) is 6.54 Å². The van der Waals surface area contributed by atoms with Gasteiger partial charge in [-0.1, -0.05) is 31.4 Å². The lowest BCUT2D eigenvalue weighted by atomic mass is 9.73. The van der Waals surface area contributed by atoms with E-state index in [0.29, 0.717) is 23.2 Å². The number of rotatable bonds is 3. The first-order valence-corrected chi connectivity index (χ1v) is 7.09. The van der Waals surface area contributed by atoms with E-state index < -0.39 is 0 Å². The Bertz CT molecular complexity index is 449. The fourth-order valence-electron chi connectivity index (χ4n) is 2.75. The molecule has 1 aromatic heterocycles. The molecule has 1 aromatic rings. The summed E-state index contributed by atoms with van der Waals surface area (Å²) in [7, 11) is 0. The van der Waals surface area contributed by atoms with Gasteiger partial charge in [-0.3, -0.25) is 4.79 Å². The number of pyridine rings is 1. The third-order valence-corrected chi connectivity index (χ3v) is 4.36. The molecule has 1 amide bonds. The number of nitrogens with one attached hydrogen (secondary N) is 1. The van der Waals surface area contributed by atoms with Crippen LogP contribution in [0.2, 0.25) is 5.02 Å². The predicted molar refractivity (Wildman–Crippen MR) is 76.1 cm³/mol. The summed E-state index contributed by atoms with van der Waals surface area (Å²) in [6.07, 6.45) is 5.83. The summed E-state index contributed by atoms with van der Waals surface area (Å²) < 4.78 is 0. The molecule has 0 spiro atoms. The average Bonchev–Trinajstić information content (AvgIpc) is 2.42. The third-order valence-electron chi connectivity index (χ3n) is 4.14. The summed E-state index contributed by atoms with van der Waals surface area (Å²) in [5.74, 6) is 0.221. The smallest absolute Gasteiger partial charge is 0.270 e. The van der Waals surface area contributed by atoms with Crippen molar-refractivity contribution in [3.63, 3.8) is 0 Å². The quantitative estimate of drug-likeness (QED) is 0.894. The van der Waals surface area contributed by atoms with E-state index in [1.807, 2.05) is 0 Å². The van der Waals surface area contributed by atoms with E-state index in [1.54, 1.807) is 12.1 Å². The molecule has 1 saturated carbocycles. The van der Waals surface area contributed by atoms with E-state index in [9.17, 15) is 4.79 Å². The molecule has 4 nitrogen and oxygen atoms in total. The van der Waals surface area contributed by atoms with Crippen molar-refractivity contribution in [3.8, 4) is 0 Å². The molecule has 3 N–H and O–H groups in total. The minimum atomic E-state index is -0.295. The van der Waals surface area contributed by atoms with Gasteiger partial charge in [0.25, 0.3) is 5.91 Å². The van der Waals surface area contributed by atoms with Crippen LogP contribution in [0.25, 0.3) is 0 Å². The number of nitrogens with zero attached hydrogens (tertiary/aromatic N) is 1. The standard InChI is InChI=1S/C14H20ClN3O/c1-10-4-2-3-7-14(10,9-16)18-13(19)12-6-5-11(15)8-17-12/h5-6,8,10H,2-4,7,9,16H2,1H3,(H,18,19). The highest BCUT2D eigenvalue weighted by Crippen LogP contribution is 2.33. The van der Waals surface area contributed by atoms with Gasteiger partial charge in [0.15, 0.2) is 0 Å². The molecule has 1 heterocycles. The maximum atomic E-state index is 12.3. The Morgan fingerprint density at radius 1 is 1.58 bits per heavy atom. The van der Waals surface area contributed by atoms with E-state index in [0.717, 1.165) is 19.3 Å². The van der Waals surface area contributed by atoms with Crippen molar-refractivity contribution in [2.45, 2.75) is 38.1 Å². The van der Waals surface area contributed by atoms with Crippen LogP contribution in [0.1, 0.15) is 43.1 Å². The summed E-state index contributed by atoms with van der Waals surface area (Å²) in [5, 5.41) is 3.62. The lowest BCUT2D eigenvalue weighted by Gasteiger charge is -2.42. The minimum Gasteiger partial charge on any atom is -0.344 e. The van der Waals surface area contributed by atoms with Gasteiger partial charge in [-0.05, 0) is 30.9 Å². The second-order valence-electron chi connectivity index (χ2n) is 5.32. The second kappa shape index (κ2) is 5.88. The fourth-order valence-corrected chi connectivity index (χ4v) is 2.87. The van der Waals surface area contributed by atoms with Gasteiger partial charge < -0.3 is 11.1 Å². The highest BCUT2D eigenvalue weighted by molar-refractivity contribution is 6.30. The number of nitrogens with two attached hydrogens (primary N) is 1. The van der Waals surface area contributed by atoms with Gasteiger partial charge in [-0.25, -0.2) is 4.98 Å². The number of halogens is 1. The summed E-state index contributed by atoms with van der Waals surface area (Å²) >= 11 is 5.77. The van der Waals surface area contributed by atoms with Crippen molar-refractivity contribution >= 4 is 17.5 Å². The Hall–Kier alpha value is -1.13. The predicted octanol–water partition coefficient (Wildman–Crippen LogP) is 2.37. The highest BCUT2D eigenvalue weighted by atomic mass is 35.5. The van der Waals surface area contributed by atoms with Crippen LogP contribution in [0.4, 0.5) is 0 Å².